The van der Waals surface area contributed by atoms with Crippen LogP contribution in [0.15, 0.2) is 30.3 Å². The van der Waals surface area contributed by atoms with Crippen molar-refractivity contribution in [3.05, 3.63) is 68.5 Å². The molecular weight excluding hydrogens is 309 g/mol. The molecule has 0 spiro atoms. The summed E-state index contributed by atoms with van der Waals surface area (Å²) in [6.07, 6.45) is 0. The third-order valence-corrected chi connectivity index (χ3v) is 3.01. The Morgan fingerprint density at radius 2 is 1.81 bits per heavy atom. The van der Waals surface area contributed by atoms with Crippen molar-refractivity contribution in [1.82, 2.24) is 0 Å². The number of nitrogens with zero attached hydrogens (tertiary/aromatic N) is 1. The molecule has 2 rings (SSSR count). The van der Waals surface area contributed by atoms with Crippen molar-refractivity contribution in [2.45, 2.75) is 6.54 Å². The Morgan fingerprint density at radius 3 is 2.43 bits per heavy atom. The molecule has 1 N–H and O–H groups in total. The number of benzene rings is 2. The fourth-order valence-corrected chi connectivity index (χ4v) is 1.90. The van der Waals surface area contributed by atoms with Gasteiger partial charge in [-0.3, -0.25) is 10.1 Å². The van der Waals surface area contributed by atoms with Gasteiger partial charge in [-0.2, -0.15) is 0 Å². The molecule has 0 bridgehead atoms. The summed E-state index contributed by atoms with van der Waals surface area (Å²) in [5.74, 6) is -3.18. The van der Waals surface area contributed by atoms with Gasteiger partial charge in [0.05, 0.1) is 9.95 Å². The minimum atomic E-state index is -1.35. The first-order chi connectivity index (χ1) is 9.90. The summed E-state index contributed by atoms with van der Waals surface area (Å²) in [4.78, 5) is 9.97. The van der Waals surface area contributed by atoms with Crippen molar-refractivity contribution >= 4 is 23.0 Å². The molecule has 2 aromatic rings. The van der Waals surface area contributed by atoms with Crippen LogP contribution in [0.2, 0.25) is 5.02 Å². The number of halogens is 4. The van der Waals surface area contributed by atoms with Crippen LogP contribution < -0.4 is 5.32 Å². The van der Waals surface area contributed by atoms with E-state index in [4.69, 9.17) is 11.6 Å². The smallest absolute Gasteiger partial charge is 0.295 e. The maximum atomic E-state index is 13.6. The van der Waals surface area contributed by atoms with Gasteiger partial charge in [0, 0.05) is 12.6 Å². The Kier molecular flexibility index (Phi) is 4.32. The van der Waals surface area contributed by atoms with Crippen LogP contribution in [-0.2, 0) is 6.54 Å². The molecule has 0 unspecified atom stereocenters. The molecular formula is C13H8ClF3N2O2. The fraction of sp³-hybridized carbons (Fsp3) is 0.0769. The van der Waals surface area contributed by atoms with Gasteiger partial charge in [-0.1, -0.05) is 17.7 Å². The van der Waals surface area contributed by atoms with Gasteiger partial charge in [-0.15, -0.1) is 0 Å². The number of hydrogen-bond acceptors (Lipinski definition) is 3. The molecule has 0 aromatic heterocycles. The summed E-state index contributed by atoms with van der Waals surface area (Å²) in [5.41, 5.74) is -0.707. The van der Waals surface area contributed by atoms with Crippen LogP contribution in [-0.4, -0.2) is 4.92 Å². The maximum absolute atomic E-state index is 13.6. The first-order valence-corrected chi connectivity index (χ1v) is 6.08. The predicted octanol–water partition coefficient (Wildman–Crippen LogP) is 4.28. The second kappa shape index (κ2) is 6.01. The van der Waals surface area contributed by atoms with Crippen LogP contribution in [0.1, 0.15) is 5.56 Å². The van der Waals surface area contributed by atoms with E-state index >= 15 is 0 Å². The van der Waals surface area contributed by atoms with E-state index in [-0.39, 0.29) is 11.6 Å². The Morgan fingerprint density at radius 1 is 1.14 bits per heavy atom. The standard InChI is InChI=1S/C13H8ClF3N2O2/c14-8-5-7(1-2-9(8)15)6-18-13-11(19(20)21)4-3-10(16)12(13)17/h1-5,18H,6H2. The van der Waals surface area contributed by atoms with Gasteiger partial charge in [0.15, 0.2) is 17.3 Å². The first kappa shape index (κ1) is 15.1. The highest BCUT2D eigenvalue weighted by Crippen LogP contribution is 2.29. The summed E-state index contributed by atoms with van der Waals surface area (Å²) in [6.45, 7) is -0.0821. The Balaban J connectivity index is 2.28. The highest BCUT2D eigenvalue weighted by Gasteiger charge is 2.21. The van der Waals surface area contributed by atoms with E-state index in [1.54, 1.807) is 0 Å². The lowest BCUT2D eigenvalue weighted by Gasteiger charge is -2.09. The lowest BCUT2D eigenvalue weighted by molar-refractivity contribution is -0.384. The van der Waals surface area contributed by atoms with Crippen molar-refractivity contribution in [3.63, 3.8) is 0 Å². The van der Waals surface area contributed by atoms with Gasteiger partial charge in [0.25, 0.3) is 5.69 Å². The highest BCUT2D eigenvalue weighted by molar-refractivity contribution is 6.30. The normalized spacial score (nSPS) is 10.5. The number of rotatable bonds is 4. The Bertz CT molecular complexity index is 710. The van der Waals surface area contributed by atoms with Gasteiger partial charge >= 0.3 is 0 Å². The molecule has 0 saturated heterocycles. The van der Waals surface area contributed by atoms with Gasteiger partial charge in [-0.25, -0.2) is 13.2 Å². The first-order valence-electron chi connectivity index (χ1n) is 5.70. The van der Waals surface area contributed by atoms with Gasteiger partial charge in [0.2, 0.25) is 0 Å². The van der Waals surface area contributed by atoms with Gasteiger partial charge in [-0.05, 0) is 23.8 Å². The molecule has 0 amide bonds. The molecule has 8 heteroatoms. The molecule has 21 heavy (non-hydrogen) atoms. The number of nitro groups is 1. The van der Waals surface area contributed by atoms with Gasteiger partial charge in [0.1, 0.15) is 5.82 Å². The van der Waals surface area contributed by atoms with Crippen molar-refractivity contribution in [1.29, 1.82) is 0 Å². The van der Waals surface area contributed by atoms with E-state index in [0.29, 0.717) is 11.6 Å². The van der Waals surface area contributed by atoms with Crippen LogP contribution >= 0.6 is 11.6 Å². The molecule has 0 fully saturated rings. The predicted molar refractivity (Wildman–Crippen MR) is 71.7 cm³/mol. The SMILES string of the molecule is O=[N+]([O-])c1ccc(F)c(F)c1NCc1ccc(F)c(Cl)c1. The molecule has 0 atom stereocenters. The molecule has 0 aliphatic heterocycles. The Hall–Kier alpha value is -2.28. The minimum Gasteiger partial charge on any atom is -0.373 e. The second-order valence-electron chi connectivity index (χ2n) is 4.11. The lowest BCUT2D eigenvalue weighted by atomic mass is 10.2. The summed E-state index contributed by atoms with van der Waals surface area (Å²) in [7, 11) is 0. The van der Waals surface area contributed by atoms with Crippen LogP contribution in [0.3, 0.4) is 0 Å². The van der Waals surface area contributed by atoms with Crippen LogP contribution in [0.25, 0.3) is 0 Å². The van der Waals surface area contributed by atoms with Gasteiger partial charge < -0.3 is 5.32 Å². The topological polar surface area (TPSA) is 55.2 Å². The monoisotopic (exact) mass is 316 g/mol. The van der Waals surface area contributed by atoms with Crippen molar-refractivity contribution in [2.75, 3.05) is 5.32 Å². The minimum absolute atomic E-state index is 0.0821. The lowest BCUT2D eigenvalue weighted by Crippen LogP contribution is -2.06. The molecule has 0 saturated carbocycles. The zero-order valence-electron chi connectivity index (χ0n) is 10.4. The zero-order valence-corrected chi connectivity index (χ0v) is 11.1. The van der Waals surface area contributed by atoms with E-state index in [1.165, 1.54) is 12.1 Å². The quantitative estimate of drug-likeness (QED) is 0.676. The van der Waals surface area contributed by atoms with E-state index < -0.39 is 33.7 Å². The summed E-state index contributed by atoms with van der Waals surface area (Å²) in [6, 6.07) is 5.30. The van der Waals surface area contributed by atoms with E-state index in [1.807, 2.05) is 0 Å². The highest BCUT2D eigenvalue weighted by atomic mass is 35.5. The zero-order chi connectivity index (χ0) is 15.6. The van der Waals surface area contributed by atoms with E-state index in [2.05, 4.69) is 5.32 Å². The molecule has 0 aliphatic carbocycles. The average molecular weight is 317 g/mol. The van der Waals surface area contributed by atoms with Crippen molar-refractivity contribution < 1.29 is 18.1 Å². The summed E-state index contributed by atoms with van der Waals surface area (Å²) >= 11 is 5.59. The Labute approximate surface area is 122 Å². The van der Waals surface area contributed by atoms with Crippen LogP contribution in [0.5, 0.6) is 0 Å². The summed E-state index contributed by atoms with van der Waals surface area (Å²) < 4.78 is 39.8. The molecule has 4 nitrogen and oxygen atoms in total. The van der Waals surface area contributed by atoms with Crippen molar-refractivity contribution in [3.8, 4) is 0 Å². The van der Waals surface area contributed by atoms with E-state index in [0.717, 1.165) is 12.1 Å². The molecule has 0 radical (unpaired) electrons. The van der Waals surface area contributed by atoms with Crippen LogP contribution in [0.4, 0.5) is 24.5 Å². The third-order valence-electron chi connectivity index (χ3n) is 2.72. The molecule has 0 aliphatic rings. The van der Waals surface area contributed by atoms with Crippen LogP contribution in [0, 0.1) is 27.6 Å². The fourth-order valence-electron chi connectivity index (χ4n) is 1.70. The number of nitrogens with one attached hydrogen (secondary N) is 1. The molecule has 110 valence electrons. The maximum Gasteiger partial charge on any atom is 0.295 e. The van der Waals surface area contributed by atoms with Crippen molar-refractivity contribution in [2.24, 2.45) is 0 Å². The molecule has 0 heterocycles. The van der Waals surface area contributed by atoms with E-state index in [9.17, 15) is 23.3 Å². The number of hydrogen-bond donors (Lipinski definition) is 1. The molecule has 2 aromatic carbocycles. The average Bonchev–Trinajstić information content (AvgIpc) is 2.43. The number of anilines is 1. The summed E-state index contributed by atoms with van der Waals surface area (Å²) in [5, 5.41) is 13.1. The second-order valence-corrected chi connectivity index (χ2v) is 4.52. The third kappa shape index (κ3) is 3.25. The largest absolute Gasteiger partial charge is 0.373 e. The number of nitro benzene ring substituents is 1.